The maximum Gasteiger partial charge on any atom is 0.228 e. The first kappa shape index (κ1) is 29.9. The summed E-state index contributed by atoms with van der Waals surface area (Å²) in [7, 11) is 0. The van der Waals surface area contributed by atoms with Crippen molar-refractivity contribution in [3.8, 4) is 0 Å². The SMILES string of the molecule is OCCN(CCO)c1nc(N2CCCCC2)c2nc(N(CCO)CCO)nc(N3CCCCC3)c2n1.[Tl]. The summed E-state index contributed by atoms with van der Waals surface area (Å²) in [6.07, 6.45) is 6.61. The third kappa shape index (κ3) is 7.28. The predicted octanol–water partition coefficient (Wildman–Crippen LogP) is -0.398. The average Bonchev–Trinajstić information content (AvgIpc) is 2.92. The second-order valence-electron chi connectivity index (χ2n) is 9.36. The molecule has 2 fully saturated rings. The van der Waals surface area contributed by atoms with Crippen LogP contribution in [0, 0.1) is 0 Å². The fraction of sp³-hybridized carbons (Fsp3) is 0.750. The minimum Gasteiger partial charge on any atom is -0.395 e. The number of piperidine rings is 2. The van der Waals surface area contributed by atoms with Crippen LogP contribution in [0.2, 0.25) is 0 Å². The van der Waals surface area contributed by atoms with E-state index in [4.69, 9.17) is 19.9 Å². The summed E-state index contributed by atoms with van der Waals surface area (Å²) >= 11 is 0. The third-order valence-electron chi connectivity index (χ3n) is 6.84. The van der Waals surface area contributed by atoms with Crippen molar-refractivity contribution in [3.05, 3.63) is 0 Å². The summed E-state index contributed by atoms with van der Waals surface area (Å²) in [6.45, 7) is 4.38. The van der Waals surface area contributed by atoms with Gasteiger partial charge in [-0.2, -0.15) is 9.97 Å². The van der Waals surface area contributed by atoms with Gasteiger partial charge in [0.1, 0.15) is 11.0 Å². The Morgan fingerprint density at radius 1 is 0.514 bits per heavy atom. The zero-order valence-electron chi connectivity index (χ0n) is 21.7. The first-order chi connectivity index (χ1) is 17.7. The van der Waals surface area contributed by atoms with E-state index in [2.05, 4.69) is 9.80 Å². The predicted molar refractivity (Wildman–Crippen MR) is 146 cm³/mol. The Labute approximate surface area is 238 Å². The van der Waals surface area contributed by atoms with Crippen LogP contribution in [-0.2, 0) is 0 Å². The number of aliphatic hydroxyl groups is 4. The molecule has 2 aliphatic rings. The number of aliphatic hydroxyl groups excluding tert-OH is 4. The Balaban J connectivity index is 0.00000380. The Bertz CT molecular complexity index is 886. The van der Waals surface area contributed by atoms with Crippen molar-refractivity contribution in [3.63, 3.8) is 0 Å². The molecule has 0 unspecified atom stereocenters. The normalized spacial score (nSPS) is 16.1. The van der Waals surface area contributed by atoms with Crippen LogP contribution in [0.25, 0.3) is 11.0 Å². The van der Waals surface area contributed by atoms with Crippen LogP contribution >= 0.6 is 0 Å². The van der Waals surface area contributed by atoms with Crippen molar-refractivity contribution in [1.29, 1.82) is 0 Å². The van der Waals surface area contributed by atoms with E-state index < -0.39 is 0 Å². The quantitative estimate of drug-likeness (QED) is 0.213. The van der Waals surface area contributed by atoms with Crippen molar-refractivity contribution >= 4 is 61.9 Å². The van der Waals surface area contributed by atoms with Gasteiger partial charge < -0.3 is 40.0 Å². The average molecular weight is 709 g/mol. The maximum atomic E-state index is 9.64. The van der Waals surface area contributed by atoms with Crippen molar-refractivity contribution in [2.75, 3.05) is 98.4 Å². The van der Waals surface area contributed by atoms with Crippen molar-refractivity contribution in [2.24, 2.45) is 0 Å². The molecule has 37 heavy (non-hydrogen) atoms. The molecule has 4 heterocycles. The zero-order chi connectivity index (χ0) is 25.3. The van der Waals surface area contributed by atoms with E-state index in [1.165, 1.54) is 12.8 Å². The second-order valence-corrected chi connectivity index (χ2v) is 9.36. The Morgan fingerprint density at radius 3 is 1.14 bits per heavy atom. The molecular weight excluding hydrogens is 669 g/mol. The molecule has 2 aromatic heterocycles. The molecule has 13 heteroatoms. The molecule has 2 saturated heterocycles. The summed E-state index contributed by atoms with van der Waals surface area (Å²) in [4.78, 5) is 27.8. The molecular formula is C24H40N8O4Tl. The number of nitrogens with zero attached hydrogens (tertiary/aromatic N) is 8. The largest absolute Gasteiger partial charge is 0.395 e. The van der Waals surface area contributed by atoms with Gasteiger partial charge in [-0.3, -0.25) is 0 Å². The summed E-state index contributed by atoms with van der Waals surface area (Å²) in [5, 5.41) is 38.6. The summed E-state index contributed by atoms with van der Waals surface area (Å²) in [5.74, 6) is 2.35. The van der Waals surface area contributed by atoms with Gasteiger partial charge in [-0.1, -0.05) is 0 Å². The molecule has 4 rings (SSSR count). The molecule has 1 radical (unpaired) electrons. The number of rotatable bonds is 12. The number of hydrogen-bond acceptors (Lipinski definition) is 12. The molecule has 0 amide bonds. The van der Waals surface area contributed by atoms with Gasteiger partial charge in [0.15, 0.2) is 11.6 Å². The van der Waals surface area contributed by atoms with Gasteiger partial charge in [-0.15, -0.1) is 0 Å². The van der Waals surface area contributed by atoms with Gasteiger partial charge in [-0.05, 0) is 38.5 Å². The van der Waals surface area contributed by atoms with Crippen LogP contribution in [0.1, 0.15) is 38.5 Å². The van der Waals surface area contributed by atoms with E-state index in [0.717, 1.165) is 63.5 Å². The zero-order valence-corrected chi connectivity index (χ0v) is 26.2. The van der Waals surface area contributed by atoms with Crippen LogP contribution < -0.4 is 19.6 Å². The molecule has 0 aromatic carbocycles. The second kappa shape index (κ2) is 15.1. The van der Waals surface area contributed by atoms with Crippen LogP contribution in [-0.4, -0.2) is 146 Å². The van der Waals surface area contributed by atoms with E-state index in [9.17, 15) is 20.4 Å². The minimum atomic E-state index is -0.0772. The number of aromatic nitrogens is 4. The third-order valence-corrected chi connectivity index (χ3v) is 6.84. The summed E-state index contributed by atoms with van der Waals surface area (Å²) < 4.78 is 0. The van der Waals surface area contributed by atoms with Crippen LogP contribution in [0.4, 0.5) is 23.5 Å². The van der Waals surface area contributed by atoms with E-state index in [0.29, 0.717) is 49.1 Å². The molecule has 0 bridgehead atoms. The maximum absolute atomic E-state index is 9.64. The Hall–Kier alpha value is -1.62. The minimum absolute atomic E-state index is 0. The van der Waals surface area contributed by atoms with Gasteiger partial charge in [-0.25, -0.2) is 9.97 Å². The Kier molecular flexibility index (Phi) is 12.2. The molecule has 0 spiro atoms. The fourth-order valence-corrected chi connectivity index (χ4v) is 5.00. The monoisotopic (exact) mass is 709 g/mol. The van der Waals surface area contributed by atoms with Crippen LogP contribution in [0.3, 0.4) is 0 Å². The van der Waals surface area contributed by atoms with Gasteiger partial charge in [0.05, 0.1) is 26.4 Å². The van der Waals surface area contributed by atoms with Crippen LogP contribution in [0.5, 0.6) is 0 Å². The molecule has 2 aliphatic heterocycles. The number of fused-ring (bicyclic) bond motifs is 1. The van der Waals surface area contributed by atoms with E-state index >= 15 is 0 Å². The van der Waals surface area contributed by atoms with Crippen LogP contribution in [0.15, 0.2) is 0 Å². The fourth-order valence-electron chi connectivity index (χ4n) is 5.00. The molecule has 4 N–H and O–H groups in total. The molecule has 12 nitrogen and oxygen atoms in total. The first-order valence-corrected chi connectivity index (χ1v) is 13.2. The first-order valence-electron chi connectivity index (χ1n) is 13.2. The number of anilines is 4. The van der Waals surface area contributed by atoms with Crippen molar-refractivity contribution in [2.45, 2.75) is 38.5 Å². The molecule has 0 atom stereocenters. The summed E-state index contributed by atoms with van der Waals surface area (Å²) in [5.41, 5.74) is 1.31. The van der Waals surface area contributed by atoms with Gasteiger partial charge in [0.2, 0.25) is 11.9 Å². The van der Waals surface area contributed by atoms with Crippen molar-refractivity contribution in [1.82, 2.24) is 19.9 Å². The van der Waals surface area contributed by atoms with Gasteiger partial charge >= 0.3 is 0 Å². The van der Waals surface area contributed by atoms with Gasteiger partial charge in [0, 0.05) is 79.7 Å². The molecule has 0 saturated carbocycles. The van der Waals surface area contributed by atoms with Crippen molar-refractivity contribution < 1.29 is 20.4 Å². The number of hydrogen-bond donors (Lipinski definition) is 4. The van der Waals surface area contributed by atoms with E-state index in [1.54, 1.807) is 9.80 Å². The molecule has 2 aromatic rings. The topological polar surface area (TPSA) is 145 Å². The smallest absolute Gasteiger partial charge is 0.228 e. The van der Waals surface area contributed by atoms with Gasteiger partial charge in [0.25, 0.3) is 0 Å². The standard InChI is InChI=1S/C24H40N8O4.Tl/c33-15-11-31(12-16-34)23-26-20-19(21(27-23)29-7-3-1-4-8-29)25-24(32(13-17-35)14-18-36)28-22(20)30-9-5-2-6-10-30;/h33-36H,1-18H2;. The van der Waals surface area contributed by atoms with E-state index in [-0.39, 0.29) is 53.7 Å². The summed E-state index contributed by atoms with van der Waals surface area (Å²) in [6, 6.07) is 0. The van der Waals surface area contributed by atoms with E-state index in [1.807, 2.05) is 0 Å². The molecule has 203 valence electrons. The molecule has 0 aliphatic carbocycles. The Morgan fingerprint density at radius 2 is 0.838 bits per heavy atom.